The van der Waals surface area contributed by atoms with Crippen molar-refractivity contribution in [2.24, 2.45) is 0 Å². The highest BCUT2D eigenvalue weighted by Crippen LogP contribution is 2.28. The lowest BCUT2D eigenvalue weighted by Crippen LogP contribution is -2.62. The first kappa shape index (κ1) is 34.8. The van der Waals surface area contributed by atoms with Gasteiger partial charge in [0.1, 0.15) is 0 Å². The maximum absolute atomic E-state index is 6.73. The average Bonchev–Trinajstić information content (AvgIpc) is 2.69. The zero-order valence-electron chi connectivity index (χ0n) is 26.5. The molecule has 220 valence electrons. The van der Waals surface area contributed by atoms with Gasteiger partial charge in [0.25, 0.3) is 0 Å². The van der Waals surface area contributed by atoms with Gasteiger partial charge in [0.15, 0.2) is 0 Å². The van der Waals surface area contributed by atoms with Gasteiger partial charge in [0.05, 0.1) is 0 Å². The Labute approximate surface area is 244 Å². The maximum atomic E-state index is 6.73. The van der Waals surface area contributed by atoms with Crippen molar-refractivity contribution in [1.82, 2.24) is 9.97 Å². The molecule has 0 spiro atoms. The van der Waals surface area contributed by atoms with Crippen molar-refractivity contribution in [3.8, 4) is 0 Å². The first-order valence-electron chi connectivity index (χ1n) is 13.5. The average molecular weight is 659 g/mol. The summed E-state index contributed by atoms with van der Waals surface area (Å²) in [6.45, 7) is 29.7. The summed E-state index contributed by atoms with van der Waals surface area (Å²) >= 11 is 0. The molecule has 0 saturated carbocycles. The van der Waals surface area contributed by atoms with Gasteiger partial charge in [0, 0.05) is 24.8 Å². The van der Waals surface area contributed by atoms with Crippen LogP contribution in [0.2, 0.25) is 91.7 Å². The molecule has 0 radical (unpaired) electrons. The molecule has 2 rings (SSSR count). The van der Waals surface area contributed by atoms with Gasteiger partial charge in [-0.15, -0.1) is 0 Å². The Balaban J connectivity index is 2.05. The normalized spacial score (nSPS) is 14.5. The molecule has 0 unspecified atom stereocenters. The van der Waals surface area contributed by atoms with E-state index in [2.05, 4.69) is 114 Å². The molecule has 0 fully saturated rings. The number of hydrogen-bond donors (Lipinski definition) is 0. The monoisotopic (exact) mass is 658 g/mol. The molecule has 0 saturated heterocycles. The van der Waals surface area contributed by atoms with Crippen molar-refractivity contribution >= 4 is 69.8 Å². The third-order valence-electron chi connectivity index (χ3n) is 5.68. The van der Waals surface area contributed by atoms with Gasteiger partial charge >= 0.3 is 42.8 Å². The van der Waals surface area contributed by atoms with Gasteiger partial charge in [-0.3, -0.25) is 9.97 Å². The van der Waals surface area contributed by atoms with E-state index in [0.717, 1.165) is 10.4 Å². The van der Waals surface area contributed by atoms with E-state index in [-0.39, 0.29) is 0 Å². The van der Waals surface area contributed by atoms with E-state index in [9.17, 15) is 0 Å². The SMILES string of the molecule is C[Si](C)(O[Si](C)(C)O[Si](C)(C)O[Si](C)(C)c1cccnc1)O[Si](C)(C)O[Si](C)(C)O[Si](C)(C)c1cccnc1. The highest BCUT2D eigenvalue weighted by molar-refractivity contribution is 6.95. The van der Waals surface area contributed by atoms with Gasteiger partial charge in [-0.05, 0) is 114 Å². The van der Waals surface area contributed by atoms with Gasteiger partial charge < -0.3 is 24.7 Å². The molecule has 2 aromatic rings. The lowest BCUT2D eigenvalue weighted by molar-refractivity contribution is 0.272. The first-order valence-corrected chi connectivity index (χ1v) is 33.4. The van der Waals surface area contributed by atoms with E-state index in [0.29, 0.717) is 0 Å². The molecule has 2 heterocycles. The summed E-state index contributed by atoms with van der Waals surface area (Å²) in [7, 11) is -17.2. The van der Waals surface area contributed by atoms with Crippen molar-refractivity contribution in [3.05, 3.63) is 49.1 Å². The van der Waals surface area contributed by atoms with Gasteiger partial charge in [-0.2, -0.15) is 0 Å². The summed E-state index contributed by atoms with van der Waals surface area (Å²) in [5, 5.41) is 2.31. The summed E-state index contributed by atoms with van der Waals surface area (Å²) in [4.78, 5) is 8.57. The fourth-order valence-corrected chi connectivity index (χ4v) is 39.4. The lowest BCUT2D eigenvalue weighted by atomic mass is 10.5. The summed E-state index contributed by atoms with van der Waals surface area (Å²) in [5.41, 5.74) is 0. The minimum Gasteiger partial charge on any atom is -0.433 e. The fraction of sp³-hybridized carbons (Fsp3) is 0.583. The molecule has 8 nitrogen and oxygen atoms in total. The number of aromatic nitrogens is 2. The molecule has 0 aliphatic heterocycles. The highest BCUT2D eigenvalue weighted by Gasteiger charge is 2.48. The van der Waals surface area contributed by atoms with Crippen molar-refractivity contribution in [2.75, 3.05) is 0 Å². The van der Waals surface area contributed by atoms with Crippen molar-refractivity contribution < 1.29 is 24.7 Å². The molecule has 0 aliphatic carbocycles. The van der Waals surface area contributed by atoms with E-state index in [1.165, 1.54) is 0 Å². The summed E-state index contributed by atoms with van der Waals surface area (Å²) < 4.78 is 40.3. The van der Waals surface area contributed by atoms with E-state index in [4.69, 9.17) is 24.7 Å². The van der Waals surface area contributed by atoms with Gasteiger partial charge in [-0.25, -0.2) is 0 Å². The highest BCUT2D eigenvalue weighted by atomic mass is 28.5. The molecular weight excluding hydrogens is 609 g/mol. The second-order valence-electron chi connectivity index (χ2n) is 13.1. The van der Waals surface area contributed by atoms with Crippen LogP contribution in [0.25, 0.3) is 0 Å². The molecule has 39 heavy (non-hydrogen) atoms. The van der Waals surface area contributed by atoms with Crippen LogP contribution in [0.15, 0.2) is 49.1 Å². The van der Waals surface area contributed by atoms with Crippen LogP contribution in [0.1, 0.15) is 0 Å². The van der Waals surface area contributed by atoms with Crippen molar-refractivity contribution in [1.29, 1.82) is 0 Å². The molecule has 0 atom stereocenters. The largest absolute Gasteiger partial charge is 0.433 e. The smallest absolute Gasteiger partial charge is 0.314 e. The van der Waals surface area contributed by atoms with Crippen molar-refractivity contribution in [2.45, 2.75) is 91.7 Å². The molecule has 0 amide bonds. The number of rotatable bonds is 14. The summed E-state index contributed by atoms with van der Waals surface area (Å²) in [6.07, 6.45) is 7.39. The minimum absolute atomic E-state index is 1.15. The van der Waals surface area contributed by atoms with Crippen LogP contribution in [0.5, 0.6) is 0 Å². The second-order valence-corrected chi connectivity index (χ2v) is 39.2. The third-order valence-corrected chi connectivity index (χ3v) is 32.8. The van der Waals surface area contributed by atoms with Gasteiger partial charge in [0.2, 0.25) is 16.6 Å². The third kappa shape index (κ3) is 11.8. The number of hydrogen-bond acceptors (Lipinski definition) is 8. The Morgan fingerprint density at radius 1 is 0.410 bits per heavy atom. The Bertz CT molecular complexity index is 988. The van der Waals surface area contributed by atoms with Crippen LogP contribution >= 0.6 is 0 Å². The van der Waals surface area contributed by atoms with Crippen molar-refractivity contribution in [3.63, 3.8) is 0 Å². The van der Waals surface area contributed by atoms with Crippen LogP contribution < -0.4 is 10.4 Å². The predicted octanol–water partition coefficient (Wildman–Crippen LogP) is 5.61. The Morgan fingerprint density at radius 2 is 0.667 bits per heavy atom. The quantitative estimate of drug-likeness (QED) is 0.243. The Kier molecular flexibility index (Phi) is 11.1. The summed E-state index contributed by atoms with van der Waals surface area (Å²) in [5.74, 6) is 0. The lowest BCUT2D eigenvalue weighted by Gasteiger charge is -2.43. The van der Waals surface area contributed by atoms with Crippen LogP contribution in [0, 0.1) is 0 Å². The predicted molar refractivity (Wildman–Crippen MR) is 177 cm³/mol. The minimum atomic E-state index is -2.61. The standard InChI is InChI=1S/C24H50N2O6Si7/c1-33(2,23-17-15-19-25-21-23)27-35(5,6)29-37(9,10)31-39(13,14)32-38(11,12)30-36(7,8)28-34(3,4)24-18-16-20-26-22-24/h15-22H,1-14H3. The molecule has 0 aromatic carbocycles. The van der Waals surface area contributed by atoms with Crippen LogP contribution in [0.4, 0.5) is 0 Å². The first-order chi connectivity index (χ1) is 17.5. The molecule has 15 heteroatoms. The topological polar surface area (TPSA) is 81.2 Å². The molecular formula is C24H50N2O6Si7. The van der Waals surface area contributed by atoms with E-state index in [1.54, 1.807) is 12.4 Å². The van der Waals surface area contributed by atoms with Crippen LogP contribution in [-0.4, -0.2) is 69.4 Å². The summed E-state index contributed by atoms with van der Waals surface area (Å²) in [6, 6.07) is 8.10. The maximum Gasteiger partial charge on any atom is 0.314 e. The molecule has 0 bridgehead atoms. The van der Waals surface area contributed by atoms with E-state index < -0.39 is 59.4 Å². The molecule has 0 aliphatic rings. The van der Waals surface area contributed by atoms with Crippen LogP contribution in [0.3, 0.4) is 0 Å². The number of nitrogens with zero attached hydrogens (tertiary/aromatic N) is 2. The second kappa shape index (κ2) is 12.4. The Morgan fingerprint density at radius 3 is 0.897 bits per heavy atom. The van der Waals surface area contributed by atoms with Gasteiger partial charge in [-0.1, -0.05) is 12.1 Å². The molecule has 0 N–H and O–H groups in total. The van der Waals surface area contributed by atoms with E-state index >= 15 is 0 Å². The Hall–Kier alpha value is -0.422. The molecule has 2 aromatic heterocycles. The van der Waals surface area contributed by atoms with E-state index in [1.807, 2.05) is 24.5 Å². The zero-order valence-corrected chi connectivity index (χ0v) is 33.5. The fourth-order valence-electron chi connectivity index (χ4n) is 5.26. The van der Waals surface area contributed by atoms with Crippen LogP contribution in [-0.2, 0) is 24.7 Å². The number of pyridine rings is 2. The zero-order chi connectivity index (χ0) is 30.0.